The van der Waals surface area contributed by atoms with Crippen molar-refractivity contribution in [2.45, 2.75) is 45.1 Å². The highest BCUT2D eigenvalue weighted by atomic mass is 16.1. The number of aromatic nitrogens is 2. The molecule has 2 aliphatic heterocycles. The lowest BCUT2D eigenvalue weighted by Gasteiger charge is -2.32. The fourth-order valence-electron chi connectivity index (χ4n) is 5.76. The number of amides is 1. The van der Waals surface area contributed by atoms with E-state index in [2.05, 4.69) is 62.7 Å². The average molecular weight is 555 g/mol. The zero-order valence-electron chi connectivity index (χ0n) is 24.1. The smallest absolute Gasteiger partial charge is 0.297 e. The highest BCUT2D eigenvalue weighted by Gasteiger charge is 2.21. The van der Waals surface area contributed by atoms with E-state index in [0.717, 1.165) is 52.1 Å². The lowest BCUT2D eigenvalue weighted by atomic mass is 10.0. The largest absolute Gasteiger partial charge is 0.363 e. The number of carbonyl (C=O) groups excluding carboxylic acids is 1. The normalized spacial score (nSPS) is 17.3. The van der Waals surface area contributed by atoms with Crippen LogP contribution in [0.2, 0.25) is 0 Å². The maximum absolute atomic E-state index is 13.3. The summed E-state index contributed by atoms with van der Waals surface area (Å²) in [6.45, 7) is 8.84. The fourth-order valence-corrected chi connectivity index (χ4v) is 5.76. The summed E-state index contributed by atoms with van der Waals surface area (Å²) >= 11 is 0. The third-order valence-electron chi connectivity index (χ3n) is 8.02. The Morgan fingerprint density at radius 1 is 0.951 bits per heavy atom. The van der Waals surface area contributed by atoms with Crippen LogP contribution in [0.5, 0.6) is 0 Å². The molecule has 8 nitrogen and oxygen atoms in total. The molecule has 5 rings (SSSR count). The Balaban J connectivity index is 1.12. The number of carbonyl (C=O) groups is 1. The van der Waals surface area contributed by atoms with Crippen LogP contribution in [-0.4, -0.2) is 77.1 Å². The number of anilines is 1. The highest BCUT2D eigenvalue weighted by molar-refractivity contribution is 5.94. The summed E-state index contributed by atoms with van der Waals surface area (Å²) in [5, 5.41) is 6.42. The molecule has 0 saturated carbocycles. The minimum atomic E-state index is -0.185. The number of nitrogens with one attached hydrogen (secondary N) is 2. The standard InChI is InChI=1S/C33H42N6O2/c1-26(24-27-8-4-2-5-9-27)25-38-20-14-29(15-21-38)36-31-33(41)39(23-17-34-31)30-12-10-28(11-13-30)32(40)35-16-22-37-18-6-3-7-19-37/h2,4-5,8-13,17,23-24,29H,3,6-7,14-16,18-22,25H2,1H3,(H,34,36)(H,35,40)/b26-24+. The molecule has 2 aromatic carbocycles. The van der Waals surface area contributed by atoms with Gasteiger partial charge in [0.15, 0.2) is 5.82 Å². The van der Waals surface area contributed by atoms with Crippen LogP contribution in [0.25, 0.3) is 11.8 Å². The van der Waals surface area contributed by atoms with Crippen LogP contribution in [0.3, 0.4) is 0 Å². The molecule has 0 spiro atoms. The molecule has 8 heteroatoms. The van der Waals surface area contributed by atoms with E-state index in [1.165, 1.54) is 30.4 Å². The molecule has 1 amide bonds. The van der Waals surface area contributed by atoms with Gasteiger partial charge in [-0.05, 0) is 75.5 Å². The summed E-state index contributed by atoms with van der Waals surface area (Å²) in [6, 6.07) is 17.8. The maximum atomic E-state index is 13.3. The second kappa shape index (κ2) is 14.2. The molecule has 2 aliphatic rings. The molecule has 2 fully saturated rings. The number of piperidine rings is 2. The molecular weight excluding hydrogens is 512 g/mol. The van der Waals surface area contributed by atoms with Crippen LogP contribution in [-0.2, 0) is 0 Å². The summed E-state index contributed by atoms with van der Waals surface area (Å²) in [5.74, 6) is 0.278. The molecular formula is C33H42N6O2. The Bertz CT molecular complexity index is 1350. The van der Waals surface area contributed by atoms with E-state index in [0.29, 0.717) is 23.6 Å². The summed E-state index contributed by atoms with van der Waals surface area (Å²) in [5.41, 5.74) is 3.69. The van der Waals surface area contributed by atoms with E-state index < -0.39 is 0 Å². The fraction of sp³-hybridized carbons (Fsp3) is 0.424. The van der Waals surface area contributed by atoms with Gasteiger partial charge in [-0.3, -0.25) is 19.1 Å². The molecule has 0 aliphatic carbocycles. The second-order valence-electron chi connectivity index (χ2n) is 11.3. The number of benzene rings is 2. The van der Waals surface area contributed by atoms with Crippen molar-refractivity contribution in [3.63, 3.8) is 0 Å². The van der Waals surface area contributed by atoms with Crippen molar-refractivity contribution < 1.29 is 4.79 Å². The van der Waals surface area contributed by atoms with Crippen LogP contribution in [0, 0.1) is 0 Å². The first-order chi connectivity index (χ1) is 20.0. The molecule has 41 heavy (non-hydrogen) atoms. The molecule has 3 aromatic rings. The van der Waals surface area contributed by atoms with Gasteiger partial charge in [0.2, 0.25) is 0 Å². The third-order valence-corrected chi connectivity index (χ3v) is 8.02. The van der Waals surface area contributed by atoms with Gasteiger partial charge in [-0.2, -0.15) is 0 Å². The van der Waals surface area contributed by atoms with Crippen molar-refractivity contribution in [3.05, 3.63) is 94.0 Å². The molecule has 2 N–H and O–H groups in total. The first-order valence-corrected chi connectivity index (χ1v) is 14.9. The van der Waals surface area contributed by atoms with Crippen LogP contribution in [0.1, 0.15) is 54.9 Å². The minimum Gasteiger partial charge on any atom is -0.363 e. The predicted molar refractivity (Wildman–Crippen MR) is 166 cm³/mol. The van der Waals surface area contributed by atoms with Crippen molar-refractivity contribution in [1.82, 2.24) is 24.7 Å². The molecule has 1 aromatic heterocycles. The highest BCUT2D eigenvalue weighted by Crippen LogP contribution is 2.17. The molecule has 3 heterocycles. The Hall–Kier alpha value is -3.75. The van der Waals surface area contributed by atoms with E-state index in [-0.39, 0.29) is 17.5 Å². The van der Waals surface area contributed by atoms with Crippen LogP contribution in [0.15, 0.2) is 77.4 Å². The number of hydrogen-bond donors (Lipinski definition) is 2. The van der Waals surface area contributed by atoms with E-state index in [4.69, 9.17) is 0 Å². The Kier molecular flexibility index (Phi) is 9.99. The first-order valence-electron chi connectivity index (χ1n) is 14.9. The van der Waals surface area contributed by atoms with Gasteiger partial charge >= 0.3 is 0 Å². The second-order valence-corrected chi connectivity index (χ2v) is 11.3. The van der Waals surface area contributed by atoms with Crippen molar-refractivity contribution in [1.29, 1.82) is 0 Å². The zero-order valence-corrected chi connectivity index (χ0v) is 24.1. The molecule has 216 valence electrons. The van der Waals surface area contributed by atoms with Gasteiger partial charge in [0, 0.05) is 62.4 Å². The summed E-state index contributed by atoms with van der Waals surface area (Å²) in [4.78, 5) is 35.1. The van der Waals surface area contributed by atoms with Gasteiger partial charge in [0.25, 0.3) is 11.5 Å². The van der Waals surface area contributed by atoms with Crippen molar-refractivity contribution in [3.8, 4) is 5.69 Å². The third kappa shape index (κ3) is 8.15. The first kappa shape index (κ1) is 28.8. The van der Waals surface area contributed by atoms with E-state index in [1.807, 2.05) is 18.2 Å². The van der Waals surface area contributed by atoms with Gasteiger partial charge in [0.05, 0.1) is 0 Å². The van der Waals surface area contributed by atoms with Crippen LogP contribution in [0.4, 0.5) is 5.82 Å². The molecule has 0 unspecified atom stereocenters. The lowest BCUT2D eigenvalue weighted by molar-refractivity contribution is 0.0946. The van der Waals surface area contributed by atoms with Crippen molar-refractivity contribution >= 4 is 17.8 Å². The SMILES string of the molecule is C/C(=C\c1ccccc1)CN1CCC(Nc2nccn(-c3ccc(C(=O)NCCN4CCCCC4)cc3)c2=O)CC1. The van der Waals surface area contributed by atoms with Gasteiger partial charge in [-0.1, -0.05) is 48.4 Å². The molecule has 0 radical (unpaired) electrons. The number of nitrogens with zero attached hydrogens (tertiary/aromatic N) is 4. The molecule has 0 bridgehead atoms. The van der Waals surface area contributed by atoms with Crippen molar-refractivity contribution in [2.75, 3.05) is 51.1 Å². The van der Waals surface area contributed by atoms with Crippen LogP contribution >= 0.6 is 0 Å². The quantitative estimate of drug-likeness (QED) is 0.386. The van der Waals surface area contributed by atoms with Gasteiger partial charge in [0.1, 0.15) is 0 Å². The van der Waals surface area contributed by atoms with Crippen LogP contribution < -0.4 is 16.2 Å². The van der Waals surface area contributed by atoms with E-state index >= 15 is 0 Å². The van der Waals surface area contributed by atoms with E-state index in [9.17, 15) is 9.59 Å². The average Bonchev–Trinajstić information content (AvgIpc) is 3.00. The Morgan fingerprint density at radius 2 is 1.68 bits per heavy atom. The van der Waals surface area contributed by atoms with Gasteiger partial charge in [-0.15, -0.1) is 0 Å². The zero-order chi connectivity index (χ0) is 28.4. The Morgan fingerprint density at radius 3 is 2.41 bits per heavy atom. The van der Waals surface area contributed by atoms with Gasteiger partial charge < -0.3 is 15.5 Å². The van der Waals surface area contributed by atoms with E-state index in [1.54, 1.807) is 29.1 Å². The number of likely N-dealkylation sites (tertiary alicyclic amines) is 2. The van der Waals surface area contributed by atoms with Crippen molar-refractivity contribution in [2.24, 2.45) is 0 Å². The summed E-state index contributed by atoms with van der Waals surface area (Å²) < 4.78 is 1.58. The maximum Gasteiger partial charge on any atom is 0.297 e. The number of hydrogen-bond acceptors (Lipinski definition) is 6. The molecule has 2 saturated heterocycles. The lowest BCUT2D eigenvalue weighted by Crippen LogP contribution is -2.41. The summed E-state index contributed by atoms with van der Waals surface area (Å²) in [7, 11) is 0. The monoisotopic (exact) mass is 554 g/mol. The topological polar surface area (TPSA) is 82.5 Å². The number of rotatable bonds is 10. The van der Waals surface area contributed by atoms with Gasteiger partial charge in [-0.25, -0.2) is 4.98 Å². The minimum absolute atomic E-state index is 0.0879. The Labute approximate surface area is 243 Å². The summed E-state index contributed by atoms with van der Waals surface area (Å²) in [6.07, 6.45) is 11.3. The predicted octanol–water partition coefficient (Wildman–Crippen LogP) is 4.43. The molecule has 0 atom stereocenters.